The first kappa shape index (κ1) is 9.21. The quantitative estimate of drug-likeness (QED) is 0.820. The Hall–Kier alpha value is -1.36. The molecule has 2 heterocycles. The molecule has 0 aliphatic carbocycles. The van der Waals surface area contributed by atoms with Crippen LogP contribution in [0.25, 0.3) is 10.9 Å². The smallest absolute Gasteiger partial charge is 0.222 e. The number of aromatic nitrogens is 2. The Morgan fingerprint density at radius 2 is 2.43 bits per heavy atom. The highest BCUT2D eigenvalue weighted by Gasteiger charge is 2.03. The van der Waals surface area contributed by atoms with E-state index in [1.165, 1.54) is 6.92 Å². The molecule has 4 nitrogen and oxygen atoms in total. The zero-order valence-corrected chi connectivity index (χ0v) is 9.05. The molecule has 0 bridgehead atoms. The van der Waals surface area contributed by atoms with Crippen LogP contribution in [-0.4, -0.2) is 15.9 Å². The predicted octanol–water partition coefficient (Wildman–Crippen LogP) is 2.28. The average molecular weight is 254 g/mol. The molecule has 0 spiro atoms. The summed E-state index contributed by atoms with van der Waals surface area (Å²) in [7, 11) is 0. The molecule has 2 rings (SSSR count). The van der Waals surface area contributed by atoms with Crippen LogP contribution < -0.4 is 5.32 Å². The van der Waals surface area contributed by atoms with Gasteiger partial charge in [-0.15, -0.1) is 0 Å². The van der Waals surface area contributed by atoms with Crippen molar-refractivity contribution in [2.45, 2.75) is 6.92 Å². The Morgan fingerprint density at radius 1 is 1.64 bits per heavy atom. The van der Waals surface area contributed by atoms with Crippen LogP contribution in [0.4, 0.5) is 5.82 Å². The van der Waals surface area contributed by atoms with Gasteiger partial charge in [0.15, 0.2) is 0 Å². The van der Waals surface area contributed by atoms with Gasteiger partial charge >= 0.3 is 0 Å². The largest absolute Gasteiger partial charge is 0.359 e. The number of nitrogens with one attached hydrogen (secondary N) is 2. The number of H-pyrrole nitrogens is 1. The van der Waals surface area contributed by atoms with Crippen LogP contribution in [0, 0.1) is 0 Å². The van der Waals surface area contributed by atoms with Crippen LogP contribution in [-0.2, 0) is 4.79 Å². The maximum absolute atomic E-state index is 10.8. The molecule has 0 aliphatic rings. The maximum atomic E-state index is 10.8. The van der Waals surface area contributed by atoms with Crippen LogP contribution in [0.3, 0.4) is 0 Å². The number of pyridine rings is 1. The highest BCUT2D eigenvalue weighted by Crippen LogP contribution is 2.24. The van der Waals surface area contributed by atoms with Gasteiger partial charge in [-0.05, 0) is 22.0 Å². The van der Waals surface area contributed by atoms with E-state index in [4.69, 9.17) is 0 Å². The second-order valence-electron chi connectivity index (χ2n) is 2.93. The van der Waals surface area contributed by atoms with Gasteiger partial charge in [0.25, 0.3) is 0 Å². The summed E-state index contributed by atoms with van der Waals surface area (Å²) in [6, 6.07) is 1.82. The van der Waals surface area contributed by atoms with Crippen molar-refractivity contribution in [2.75, 3.05) is 5.32 Å². The zero-order valence-electron chi connectivity index (χ0n) is 7.47. The number of fused-ring (bicyclic) bond motifs is 1. The van der Waals surface area contributed by atoms with Crippen LogP contribution in [0.2, 0.25) is 0 Å². The normalized spacial score (nSPS) is 10.4. The number of carbonyl (C=O) groups excluding carboxylic acids is 1. The number of amides is 1. The molecule has 0 unspecified atom stereocenters. The van der Waals surface area contributed by atoms with Gasteiger partial charge in [-0.25, -0.2) is 4.98 Å². The van der Waals surface area contributed by atoms with Crippen LogP contribution in [0.5, 0.6) is 0 Å². The van der Waals surface area contributed by atoms with E-state index in [9.17, 15) is 4.79 Å². The summed E-state index contributed by atoms with van der Waals surface area (Å²) in [6.07, 6.45) is 3.52. The number of hydrogen-bond acceptors (Lipinski definition) is 2. The molecule has 0 aliphatic heterocycles. The second kappa shape index (κ2) is 3.42. The number of hydrogen-bond donors (Lipinski definition) is 2. The van der Waals surface area contributed by atoms with Gasteiger partial charge in [-0.2, -0.15) is 0 Å². The summed E-state index contributed by atoms with van der Waals surface area (Å²) in [5, 5.41) is 3.63. The first-order valence-electron chi connectivity index (χ1n) is 4.07. The molecule has 2 N–H and O–H groups in total. The van der Waals surface area contributed by atoms with Crippen LogP contribution in [0.1, 0.15) is 6.92 Å². The molecule has 5 heteroatoms. The van der Waals surface area contributed by atoms with Gasteiger partial charge in [-0.3, -0.25) is 4.79 Å². The van der Waals surface area contributed by atoms with Crippen molar-refractivity contribution in [1.82, 2.24) is 9.97 Å². The van der Waals surface area contributed by atoms with Crippen molar-refractivity contribution in [3.63, 3.8) is 0 Å². The Labute approximate surface area is 88.9 Å². The number of halogens is 1. The van der Waals surface area contributed by atoms with Gasteiger partial charge in [-0.1, -0.05) is 0 Å². The Balaban J connectivity index is 2.49. The lowest BCUT2D eigenvalue weighted by Gasteiger charge is -2.00. The van der Waals surface area contributed by atoms with E-state index >= 15 is 0 Å². The fraction of sp³-hybridized carbons (Fsp3) is 0.111. The number of anilines is 1. The summed E-state index contributed by atoms with van der Waals surface area (Å²) in [5.74, 6) is 0.439. The summed E-state index contributed by atoms with van der Waals surface area (Å²) in [6.45, 7) is 1.46. The Kier molecular flexibility index (Phi) is 2.25. The van der Waals surface area contributed by atoms with Gasteiger partial charge in [0.1, 0.15) is 5.82 Å². The highest BCUT2D eigenvalue weighted by molar-refractivity contribution is 9.10. The van der Waals surface area contributed by atoms with Gasteiger partial charge < -0.3 is 10.3 Å². The molecule has 2 aromatic heterocycles. The predicted molar refractivity (Wildman–Crippen MR) is 58.1 cm³/mol. The summed E-state index contributed by atoms with van der Waals surface area (Å²) < 4.78 is 0.960. The first-order chi connectivity index (χ1) is 6.66. The van der Waals surface area contributed by atoms with Gasteiger partial charge in [0.05, 0.1) is 11.7 Å². The summed E-state index contributed by atoms with van der Waals surface area (Å²) in [5.41, 5.74) is 0.936. The standard InChI is InChI=1S/C9H8BrN3O/c1-5(14)13-9-2-6-7(10)3-11-8(6)4-12-9/h2-4,11H,1H3,(H,12,13,14). The monoisotopic (exact) mass is 253 g/mol. The van der Waals surface area contributed by atoms with Gasteiger partial charge in [0.2, 0.25) is 5.91 Å². The first-order valence-corrected chi connectivity index (χ1v) is 4.86. The molecule has 0 saturated heterocycles. The van der Waals surface area contributed by atoms with Gasteiger partial charge in [0, 0.05) is 23.0 Å². The van der Waals surface area contributed by atoms with Crippen molar-refractivity contribution in [1.29, 1.82) is 0 Å². The zero-order chi connectivity index (χ0) is 10.1. The lowest BCUT2D eigenvalue weighted by Crippen LogP contribution is -2.06. The minimum absolute atomic E-state index is 0.122. The number of aromatic amines is 1. The fourth-order valence-corrected chi connectivity index (χ4v) is 1.68. The fourth-order valence-electron chi connectivity index (χ4n) is 1.24. The molecule has 14 heavy (non-hydrogen) atoms. The van der Waals surface area contributed by atoms with Crippen molar-refractivity contribution < 1.29 is 4.79 Å². The van der Waals surface area contributed by atoms with Crippen molar-refractivity contribution in [2.24, 2.45) is 0 Å². The van der Waals surface area contributed by atoms with E-state index < -0.39 is 0 Å². The number of nitrogens with zero attached hydrogens (tertiary/aromatic N) is 1. The van der Waals surface area contributed by atoms with Crippen LogP contribution in [0.15, 0.2) is 22.9 Å². The summed E-state index contributed by atoms with van der Waals surface area (Å²) >= 11 is 3.40. The number of rotatable bonds is 1. The molecule has 0 aromatic carbocycles. The van der Waals surface area contributed by atoms with E-state index in [1.54, 1.807) is 6.20 Å². The molecule has 0 fully saturated rings. The Bertz CT molecular complexity index is 492. The number of carbonyl (C=O) groups is 1. The maximum Gasteiger partial charge on any atom is 0.222 e. The molecule has 0 saturated carbocycles. The minimum atomic E-state index is -0.122. The second-order valence-corrected chi connectivity index (χ2v) is 3.79. The highest BCUT2D eigenvalue weighted by atomic mass is 79.9. The van der Waals surface area contributed by atoms with E-state index in [0.717, 1.165) is 15.4 Å². The molecular weight excluding hydrogens is 246 g/mol. The lowest BCUT2D eigenvalue weighted by atomic mass is 10.3. The SMILES string of the molecule is CC(=O)Nc1cc2c(Br)c[nH]c2cn1. The third-order valence-electron chi connectivity index (χ3n) is 1.82. The Morgan fingerprint density at radius 3 is 3.14 bits per heavy atom. The molecule has 72 valence electrons. The molecule has 1 amide bonds. The lowest BCUT2D eigenvalue weighted by molar-refractivity contribution is -0.114. The van der Waals surface area contributed by atoms with Crippen molar-refractivity contribution in [3.8, 4) is 0 Å². The van der Waals surface area contributed by atoms with Crippen molar-refractivity contribution in [3.05, 3.63) is 22.9 Å². The van der Waals surface area contributed by atoms with Crippen molar-refractivity contribution >= 4 is 38.6 Å². The van der Waals surface area contributed by atoms with E-state index in [-0.39, 0.29) is 5.91 Å². The third-order valence-corrected chi connectivity index (χ3v) is 2.48. The topological polar surface area (TPSA) is 57.8 Å². The minimum Gasteiger partial charge on any atom is -0.359 e. The molecule has 2 aromatic rings. The summed E-state index contributed by atoms with van der Waals surface area (Å²) in [4.78, 5) is 17.9. The van der Waals surface area contributed by atoms with E-state index in [0.29, 0.717) is 5.82 Å². The van der Waals surface area contributed by atoms with E-state index in [2.05, 4.69) is 31.2 Å². The van der Waals surface area contributed by atoms with E-state index in [1.807, 2.05) is 12.3 Å². The molecular formula is C9H8BrN3O. The third kappa shape index (κ3) is 1.63. The van der Waals surface area contributed by atoms with Crippen LogP contribution >= 0.6 is 15.9 Å². The average Bonchev–Trinajstić information content (AvgIpc) is 2.47. The molecule has 0 atom stereocenters. The molecule has 0 radical (unpaired) electrons.